The minimum atomic E-state index is 1.01. The lowest BCUT2D eigenvalue weighted by Crippen LogP contribution is -1.96. The summed E-state index contributed by atoms with van der Waals surface area (Å²) < 4.78 is 10.4. The SMILES string of the molecule is c1ccc(-n2c3ccccc3c3c4c(ccc32)-c2ccccc2C4)cc1.c1ccc(-n2c3ccccc3c3ccc4c(c32)Cc2ccccc2-4)cc1.c1ccc2c(c1)Cc1cc3c(cc1-2)sc1ccccc13.c1ccc2c(c1)Cc1cc3sc4ccccc4c3cc1-2. The molecule has 0 bridgehead atoms. The zero-order chi connectivity index (χ0) is 60.4. The van der Waals surface area contributed by atoms with Crippen LogP contribution in [0.5, 0.6) is 0 Å². The van der Waals surface area contributed by atoms with Crippen LogP contribution in [-0.2, 0) is 25.7 Å². The van der Waals surface area contributed by atoms with Crippen molar-refractivity contribution >= 4 is 107 Å². The lowest BCUT2D eigenvalue weighted by atomic mass is 10.0. The van der Waals surface area contributed by atoms with E-state index in [0.717, 1.165) is 25.7 Å². The molecule has 4 heterocycles. The summed E-state index contributed by atoms with van der Waals surface area (Å²) in [6.45, 7) is 0. The first-order valence-corrected chi connectivity index (χ1v) is 33.7. The molecule has 4 aliphatic carbocycles. The van der Waals surface area contributed by atoms with Gasteiger partial charge in [0.25, 0.3) is 0 Å². The predicted octanol–water partition coefficient (Wildman–Crippen LogP) is 24.0. The van der Waals surface area contributed by atoms with Crippen LogP contribution < -0.4 is 0 Å². The van der Waals surface area contributed by atoms with Gasteiger partial charge in [-0.3, -0.25) is 0 Å². The molecule has 0 saturated heterocycles. The van der Waals surface area contributed by atoms with Crippen LogP contribution >= 0.6 is 22.7 Å². The maximum atomic E-state index is 2.44. The van der Waals surface area contributed by atoms with Crippen molar-refractivity contribution in [2.24, 2.45) is 0 Å². The molecule has 92 heavy (non-hydrogen) atoms. The van der Waals surface area contributed by atoms with E-state index in [4.69, 9.17) is 0 Å². The van der Waals surface area contributed by atoms with Crippen LogP contribution in [0.15, 0.2) is 303 Å². The number of benzene rings is 14. The van der Waals surface area contributed by atoms with Gasteiger partial charge in [-0.05, 0) is 187 Å². The lowest BCUT2D eigenvalue weighted by Gasteiger charge is -2.10. The van der Waals surface area contributed by atoms with E-state index in [1.165, 1.54) is 184 Å². The van der Waals surface area contributed by atoms with E-state index in [1.54, 1.807) is 0 Å². The third-order valence-corrected chi connectivity index (χ3v) is 22.1. The van der Waals surface area contributed by atoms with Gasteiger partial charge in [0.1, 0.15) is 0 Å². The van der Waals surface area contributed by atoms with Gasteiger partial charge in [-0.25, -0.2) is 0 Å². The van der Waals surface area contributed by atoms with E-state index in [9.17, 15) is 0 Å². The second kappa shape index (κ2) is 21.4. The van der Waals surface area contributed by atoms with E-state index in [0.29, 0.717) is 0 Å². The molecule has 0 amide bonds. The van der Waals surface area contributed by atoms with Gasteiger partial charge in [0.05, 0.1) is 22.1 Å². The van der Waals surface area contributed by atoms with Crippen molar-refractivity contribution in [3.8, 4) is 55.9 Å². The molecule has 0 aliphatic heterocycles. The second-order valence-corrected chi connectivity index (χ2v) is 27.1. The third-order valence-electron chi connectivity index (χ3n) is 19.8. The van der Waals surface area contributed by atoms with Gasteiger partial charge in [0.15, 0.2) is 0 Å². The number of para-hydroxylation sites is 4. The number of aromatic nitrogens is 2. The second-order valence-electron chi connectivity index (χ2n) is 24.9. The summed E-state index contributed by atoms with van der Waals surface area (Å²) in [7, 11) is 0. The summed E-state index contributed by atoms with van der Waals surface area (Å²) >= 11 is 3.81. The summed E-state index contributed by atoms with van der Waals surface area (Å²) in [5.41, 5.74) is 30.5. The van der Waals surface area contributed by atoms with E-state index < -0.39 is 0 Å². The first-order valence-electron chi connectivity index (χ1n) is 32.1. The Kier molecular flexibility index (Phi) is 12.3. The molecule has 0 spiro atoms. The van der Waals surface area contributed by atoms with E-state index in [2.05, 4.69) is 312 Å². The Bertz CT molecular complexity index is 6000. The van der Waals surface area contributed by atoms with Crippen LogP contribution in [0, 0.1) is 0 Å². The number of hydrogen-bond acceptors (Lipinski definition) is 2. The molecule has 4 heteroatoms. The molecule has 0 radical (unpaired) electrons. The van der Waals surface area contributed by atoms with Gasteiger partial charge < -0.3 is 9.13 Å². The molecule has 4 aliphatic rings. The van der Waals surface area contributed by atoms with Crippen molar-refractivity contribution in [2.45, 2.75) is 25.7 Å². The van der Waals surface area contributed by atoms with Crippen LogP contribution in [0.3, 0.4) is 0 Å². The minimum absolute atomic E-state index is 1.01. The van der Waals surface area contributed by atoms with Crippen LogP contribution in [0.25, 0.3) is 140 Å². The van der Waals surface area contributed by atoms with Gasteiger partial charge in [-0.1, -0.05) is 224 Å². The molecule has 14 aromatic carbocycles. The first kappa shape index (κ1) is 53.0. The fourth-order valence-corrected chi connectivity index (χ4v) is 18.1. The van der Waals surface area contributed by atoms with Gasteiger partial charge >= 0.3 is 0 Å². The normalized spacial score (nSPS) is 12.6. The highest BCUT2D eigenvalue weighted by Crippen LogP contribution is 2.48. The van der Waals surface area contributed by atoms with Gasteiger partial charge in [-0.2, -0.15) is 0 Å². The third kappa shape index (κ3) is 8.44. The number of fused-ring (bicyclic) bond motifs is 26. The first-order chi connectivity index (χ1) is 45.6. The van der Waals surface area contributed by atoms with Crippen molar-refractivity contribution in [1.82, 2.24) is 9.13 Å². The molecule has 2 nitrogen and oxygen atoms in total. The Hall–Kier alpha value is -10.9. The van der Waals surface area contributed by atoms with E-state index in [-0.39, 0.29) is 0 Å². The summed E-state index contributed by atoms with van der Waals surface area (Å²) in [4.78, 5) is 0. The van der Waals surface area contributed by atoms with Gasteiger partial charge in [0.2, 0.25) is 0 Å². The molecule has 0 unspecified atom stereocenters. The fourth-order valence-electron chi connectivity index (χ4n) is 15.8. The Morgan fingerprint density at radius 2 is 0.641 bits per heavy atom. The fraction of sp³-hybridized carbons (Fsp3) is 0.0455. The molecule has 18 aromatic rings. The number of rotatable bonds is 2. The molecule has 432 valence electrons. The number of thiophene rings is 2. The van der Waals surface area contributed by atoms with Gasteiger partial charge in [0, 0.05) is 79.7 Å². The highest BCUT2D eigenvalue weighted by Gasteiger charge is 2.27. The topological polar surface area (TPSA) is 9.86 Å². The van der Waals surface area contributed by atoms with Crippen LogP contribution in [0.2, 0.25) is 0 Å². The van der Waals surface area contributed by atoms with Crippen molar-refractivity contribution in [3.05, 3.63) is 348 Å². The standard InChI is InChI=1S/2C25H17N.2C19H12S/c1-2-9-18(10-3-1)26-23-13-7-6-12-21(23)25-22-16-17-8-4-5-11-19(17)20(22)14-15-24(25)26;1-2-9-18(10-3-1)26-24-13-7-6-12-21(24)22-15-14-20-19-11-5-4-8-17(19)16-23(20)25(22)26;1-2-6-14-12(5-1)9-13-10-19-17(11-16(13)14)15-7-3-4-8-18(15)20-19;1-2-6-14-12(5-1)9-13-10-17-15-7-3-4-8-18(15)20-19(17)11-16(13)14/h2*1-15H,16H2;2*1-8,10-11H,9H2. The summed E-state index contributed by atoms with van der Waals surface area (Å²) in [5.74, 6) is 0. The maximum absolute atomic E-state index is 2.44. The monoisotopic (exact) mass is 1210 g/mol. The van der Waals surface area contributed by atoms with Crippen molar-refractivity contribution in [3.63, 3.8) is 0 Å². The summed E-state index contributed by atoms with van der Waals surface area (Å²) in [6.07, 6.45) is 4.18. The molecule has 0 N–H and O–H groups in total. The molecular formula is C88H58N2S2. The quantitative estimate of drug-likeness (QED) is 0.163. The smallest absolute Gasteiger partial charge is 0.0582 e. The van der Waals surface area contributed by atoms with Crippen LogP contribution in [-0.4, -0.2) is 9.13 Å². The largest absolute Gasteiger partial charge is 0.309 e. The molecule has 22 rings (SSSR count). The average molecular weight is 1210 g/mol. The van der Waals surface area contributed by atoms with Crippen molar-refractivity contribution in [1.29, 1.82) is 0 Å². The Morgan fingerprint density at radius 1 is 0.217 bits per heavy atom. The summed E-state index contributed by atoms with van der Waals surface area (Å²) in [5, 5.41) is 11.0. The number of nitrogens with zero attached hydrogens (tertiary/aromatic N) is 2. The molecule has 0 saturated carbocycles. The zero-order valence-electron chi connectivity index (χ0n) is 50.4. The van der Waals surface area contributed by atoms with E-state index in [1.807, 2.05) is 22.7 Å². The molecule has 4 aromatic heterocycles. The minimum Gasteiger partial charge on any atom is -0.309 e. The number of hydrogen-bond donors (Lipinski definition) is 0. The molecule has 0 fully saturated rings. The van der Waals surface area contributed by atoms with E-state index >= 15 is 0 Å². The Labute approximate surface area is 541 Å². The predicted molar refractivity (Wildman–Crippen MR) is 393 cm³/mol. The van der Waals surface area contributed by atoms with Crippen LogP contribution in [0.4, 0.5) is 0 Å². The Morgan fingerprint density at radius 3 is 1.26 bits per heavy atom. The van der Waals surface area contributed by atoms with Crippen molar-refractivity contribution in [2.75, 3.05) is 0 Å². The van der Waals surface area contributed by atoms with Gasteiger partial charge in [-0.15, -0.1) is 22.7 Å². The lowest BCUT2D eigenvalue weighted by molar-refractivity contribution is 1.15. The van der Waals surface area contributed by atoms with Crippen molar-refractivity contribution < 1.29 is 0 Å². The highest BCUT2D eigenvalue weighted by atomic mass is 32.1. The molecule has 0 atom stereocenters. The zero-order valence-corrected chi connectivity index (χ0v) is 52.0. The highest BCUT2D eigenvalue weighted by molar-refractivity contribution is 7.26. The average Bonchev–Trinajstić information content (AvgIpc) is 1.60. The summed E-state index contributed by atoms with van der Waals surface area (Å²) in [6, 6.07) is 110. The van der Waals surface area contributed by atoms with Crippen LogP contribution in [0.1, 0.15) is 44.5 Å². The maximum Gasteiger partial charge on any atom is 0.0582 e. The molecular weight excluding hydrogens is 1150 g/mol. The Balaban J connectivity index is 0.0000000883.